The van der Waals surface area contributed by atoms with Crippen molar-refractivity contribution >= 4 is 27.5 Å². The van der Waals surface area contributed by atoms with Crippen molar-refractivity contribution in [3.8, 4) is 6.07 Å². The summed E-state index contributed by atoms with van der Waals surface area (Å²) in [7, 11) is 0. The maximum absolute atomic E-state index is 12.7. The smallest absolute Gasteiger partial charge is 0.241 e. The van der Waals surface area contributed by atoms with E-state index in [9.17, 15) is 9.18 Å². The summed E-state index contributed by atoms with van der Waals surface area (Å²) in [6, 6.07) is 5.72. The highest BCUT2D eigenvalue weighted by molar-refractivity contribution is 9.10. The monoisotopic (exact) mass is 270 g/mol. The van der Waals surface area contributed by atoms with Gasteiger partial charge in [0.05, 0.1) is 11.8 Å². The molecule has 0 aromatic heterocycles. The van der Waals surface area contributed by atoms with E-state index >= 15 is 0 Å². The van der Waals surface area contributed by atoms with E-state index in [0.29, 0.717) is 10.2 Å². The first-order valence-corrected chi connectivity index (χ1v) is 4.99. The van der Waals surface area contributed by atoms with E-state index < -0.39 is 17.6 Å². The standard InChI is InChI=1S/C10H8BrFN2O/c1-6(5-13)10(15)14-9-3-2-7(12)4-8(9)11/h2-4,6H,1H3,(H,14,15). The summed E-state index contributed by atoms with van der Waals surface area (Å²) < 4.78 is 13.2. The average Bonchev–Trinajstić information content (AvgIpc) is 2.20. The fourth-order valence-corrected chi connectivity index (χ4v) is 1.34. The Labute approximate surface area is 95.0 Å². The SMILES string of the molecule is CC(C#N)C(=O)Nc1ccc(F)cc1Br. The lowest BCUT2D eigenvalue weighted by Crippen LogP contribution is -2.19. The topological polar surface area (TPSA) is 52.9 Å². The summed E-state index contributed by atoms with van der Waals surface area (Å²) in [6.45, 7) is 1.49. The number of benzene rings is 1. The molecule has 0 aliphatic carbocycles. The number of nitrogens with one attached hydrogen (secondary N) is 1. The molecule has 1 rings (SSSR count). The van der Waals surface area contributed by atoms with Crippen LogP contribution in [0, 0.1) is 23.1 Å². The quantitative estimate of drug-likeness (QED) is 0.899. The van der Waals surface area contributed by atoms with Gasteiger partial charge >= 0.3 is 0 Å². The Bertz CT molecular complexity index is 428. The number of hydrogen-bond acceptors (Lipinski definition) is 2. The molecule has 0 saturated heterocycles. The van der Waals surface area contributed by atoms with Gasteiger partial charge in [0.25, 0.3) is 0 Å². The van der Waals surface area contributed by atoms with E-state index in [1.807, 2.05) is 6.07 Å². The fourth-order valence-electron chi connectivity index (χ4n) is 0.890. The van der Waals surface area contributed by atoms with Crippen LogP contribution in [0.3, 0.4) is 0 Å². The third-order valence-electron chi connectivity index (χ3n) is 1.78. The maximum atomic E-state index is 12.7. The van der Waals surface area contributed by atoms with Gasteiger partial charge in [-0.3, -0.25) is 4.79 Å². The molecule has 0 radical (unpaired) electrons. The van der Waals surface area contributed by atoms with Crippen molar-refractivity contribution in [1.82, 2.24) is 0 Å². The summed E-state index contributed by atoms with van der Waals surface area (Å²) in [6.07, 6.45) is 0. The van der Waals surface area contributed by atoms with Gasteiger partial charge in [-0.15, -0.1) is 0 Å². The van der Waals surface area contributed by atoms with Gasteiger partial charge < -0.3 is 5.32 Å². The Morgan fingerprint density at radius 2 is 2.33 bits per heavy atom. The second kappa shape index (κ2) is 4.89. The van der Waals surface area contributed by atoms with E-state index in [2.05, 4.69) is 21.2 Å². The number of halogens is 2. The largest absolute Gasteiger partial charge is 0.324 e. The predicted octanol–water partition coefficient (Wildman–Crippen LogP) is 2.69. The molecule has 15 heavy (non-hydrogen) atoms. The van der Waals surface area contributed by atoms with E-state index in [4.69, 9.17) is 5.26 Å². The van der Waals surface area contributed by atoms with Gasteiger partial charge in [-0.2, -0.15) is 5.26 Å². The van der Waals surface area contributed by atoms with E-state index in [-0.39, 0.29) is 0 Å². The lowest BCUT2D eigenvalue weighted by Gasteiger charge is -2.07. The number of rotatable bonds is 2. The molecule has 3 nitrogen and oxygen atoms in total. The summed E-state index contributed by atoms with van der Waals surface area (Å²) in [4.78, 5) is 11.3. The zero-order chi connectivity index (χ0) is 11.4. The molecule has 1 amide bonds. The van der Waals surface area contributed by atoms with Crippen LogP contribution in [0.15, 0.2) is 22.7 Å². The van der Waals surface area contributed by atoms with Gasteiger partial charge in [-0.25, -0.2) is 4.39 Å². The highest BCUT2D eigenvalue weighted by atomic mass is 79.9. The van der Waals surface area contributed by atoms with Crippen molar-refractivity contribution in [2.45, 2.75) is 6.92 Å². The first kappa shape index (κ1) is 11.7. The molecule has 0 bridgehead atoms. The molecule has 1 aromatic rings. The molecule has 1 unspecified atom stereocenters. The number of carbonyl (C=O) groups is 1. The first-order chi connectivity index (χ1) is 7.04. The van der Waals surface area contributed by atoms with Gasteiger partial charge in [-0.05, 0) is 41.1 Å². The molecule has 0 spiro atoms. The lowest BCUT2D eigenvalue weighted by atomic mass is 10.2. The Morgan fingerprint density at radius 3 is 2.87 bits per heavy atom. The molecule has 1 aromatic carbocycles. The number of hydrogen-bond donors (Lipinski definition) is 1. The molecule has 0 fully saturated rings. The Morgan fingerprint density at radius 1 is 1.67 bits per heavy atom. The van der Waals surface area contributed by atoms with E-state index in [1.54, 1.807) is 0 Å². The number of carbonyl (C=O) groups excluding carboxylic acids is 1. The molecule has 0 aliphatic rings. The minimum atomic E-state index is -0.734. The number of nitrogens with zero attached hydrogens (tertiary/aromatic N) is 1. The zero-order valence-corrected chi connectivity index (χ0v) is 9.51. The lowest BCUT2D eigenvalue weighted by molar-refractivity contribution is -0.117. The van der Waals surface area contributed by atoms with Crippen LogP contribution in [0.2, 0.25) is 0 Å². The summed E-state index contributed by atoms with van der Waals surface area (Å²) >= 11 is 3.11. The van der Waals surface area contributed by atoms with Crippen LogP contribution in [0.25, 0.3) is 0 Å². The molecular formula is C10H8BrFN2O. The molecular weight excluding hydrogens is 263 g/mol. The Hall–Kier alpha value is -1.41. The van der Waals surface area contributed by atoms with Crippen LogP contribution in [0.5, 0.6) is 0 Å². The second-order valence-electron chi connectivity index (χ2n) is 2.96. The third kappa shape index (κ3) is 3.03. The average molecular weight is 271 g/mol. The number of amides is 1. The van der Waals surface area contributed by atoms with Crippen LogP contribution in [-0.2, 0) is 4.79 Å². The highest BCUT2D eigenvalue weighted by Gasteiger charge is 2.13. The summed E-state index contributed by atoms with van der Waals surface area (Å²) in [5.41, 5.74) is 0.448. The van der Waals surface area contributed by atoms with Crippen molar-refractivity contribution < 1.29 is 9.18 Å². The van der Waals surface area contributed by atoms with Crippen LogP contribution < -0.4 is 5.32 Å². The minimum absolute atomic E-state index is 0.395. The van der Waals surface area contributed by atoms with Gasteiger partial charge in [0.1, 0.15) is 11.7 Å². The maximum Gasteiger partial charge on any atom is 0.241 e. The number of nitriles is 1. The zero-order valence-electron chi connectivity index (χ0n) is 7.92. The Kier molecular flexibility index (Phi) is 3.81. The highest BCUT2D eigenvalue weighted by Crippen LogP contribution is 2.23. The van der Waals surface area contributed by atoms with Gasteiger partial charge in [0.2, 0.25) is 5.91 Å². The molecule has 1 atom stereocenters. The predicted molar refractivity (Wildman–Crippen MR) is 57.5 cm³/mol. The normalized spacial score (nSPS) is 11.6. The van der Waals surface area contributed by atoms with E-state index in [1.165, 1.54) is 25.1 Å². The van der Waals surface area contributed by atoms with Crippen molar-refractivity contribution in [1.29, 1.82) is 5.26 Å². The van der Waals surface area contributed by atoms with Gasteiger partial charge in [-0.1, -0.05) is 0 Å². The molecule has 78 valence electrons. The number of anilines is 1. The molecule has 1 N–H and O–H groups in total. The van der Waals surface area contributed by atoms with Crippen molar-refractivity contribution in [3.63, 3.8) is 0 Å². The van der Waals surface area contributed by atoms with Gasteiger partial charge in [0.15, 0.2) is 0 Å². The van der Waals surface area contributed by atoms with Crippen molar-refractivity contribution in [3.05, 3.63) is 28.5 Å². The summed E-state index contributed by atoms with van der Waals surface area (Å²) in [5.74, 6) is -1.54. The molecule has 5 heteroatoms. The van der Waals surface area contributed by atoms with Gasteiger partial charge in [0, 0.05) is 4.47 Å². The van der Waals surface area contributed by atoms with E-state index in [0.717, 1.165) is 0 Å². The van der Waals surface area contributed by atoms with Crippen LogP contribution >= 0.6 is 15.9 Å². The van der Waals surface area contributed by atoms with Crippen LogP contribution in [-0.4, -0.2) is 5.91 Å². The van der Waals surface area contributed by atoms with Crippen LogP contribution in [0.1, 0.15) is 6.92 Å². The van der Waals surface area contributed by atoms with Crippen molar-refractivity contribution in [2.24, 2.45) is 5.92 Å². The summed E-state index contributed by atoms with van der Waals surface area (Å²) in [5, 5.41) is 11.0. The minimum Gasteiger partial charge on any atom is -0.324 e. The molecule has 0 saturated carbocycles. The Balaban J connectivity index is 2.82. The second-order valence-corrected chi connectivity index (χ2v) is 3.82. The fraction of sp³-hybridized carbons (Fsp3) is 0.200. The first-order valence-electron chi connectivity index (χ1n) is 4.20. The van der Waals surface area contributed by atoms with Crippen LogP contribution in [0.4, 0.5) is 10.1 Å². The molecule has 0 heterocycles. The molecule has 0 aliphatic heterocycles. The van der Waals surface area contributed by atoms with Crippen molar-refractivity contribution in [2.75, 3.05) is 5.32 Å². The third-order valence-corrected chi connectivity index (χ3v) is 2.43.